The third-order valence-corrected chi connectivity index (χ3v) is 2.04. The van der Waals surface area contributed by atoms with Crippen molar-refractivity contribution in [1.82, 2.24) is 10.6 Å². The highest BCUT2D eigenvalue weighted by molar-refractivity contribution is 5.67. The summed E-state index contributed by atoms with van der Waals surface area (Å²) in [5.74, 6) is 0.477. The second kappa shape index (κ2) is 5.95. The molecular weight excluding hydrogens is 192 g/mol. The van der Waals surface area contributed by atoms with Gasteiger partial charge in [-0.1, -0.05) is 13.8 Å². The lowest BCUT2D eigenvalue weighted by molar-refractivity contribution is 0.0520. The van der Waals surface area contributed by atoms with Crippen LogP contribution in [0.4, 0.5) is 4.79 Å². The minimum atomic E-state index is -0.433. The van der Waals surface area contributed by atoms with Crippen LogP contribution >= 0.6 is 0 Å². The summed E-state index contributed by atoms with van der Waals surface area (Å²) >= 11 is 0. The minimum absolute atomic E-state index is 0.275. The number of rotatable bonds is 4. The van der Waals surface area contributed by atoms with E-state index >= 15 is 0 Å². The molecule has 0 radical (unpaired) electrons. The fourth-order valence-corrected chi connectivity index (χ4v) is 1.18. The van der Waals surface area contributed by atoms with E-state index in [1.807, 2.05) is 27.8 Å². The van der Waals surface area contributed by atoms with Crippen LogP contribution < -0.4 is 10.6 Å². The van der Waals surface area contributed by atoms with Crippen molar-refractivity contribution in [2.24, 2.45) is 5.92 Å². The second-order valence-electron chi connectivity index (χ2n) is 5.02. The van der Waals surface area contributed by atoms with Gasteiger partial charge >= 0.3 is 6.09 Å². The maximum absolute atomic E-state index is 11.3. The molecule has 90 valence electrons. The standard InChI is InChI=1S/C11H24N2O2/c1-8(2)9(12-6)7-13-10(14)15-11(3,4)5/h8-9,12H,7H2,1-6H3,(H,13,14)/t9-/m1/s1. The maximum atomic E-state index is 11.3. The topological polar surface area (TPSA) is 50.4 Å². The molecule has 0 aliphatic rings. The first-order chi connectivity index (χ1) is 6.76. The predicted octanol–water partition coefficient (Wildman–Crippen LogP) is 1.76. The van der Waals surface area contributed by atoms with Gasteiger partial charge in [-0.25, -0.2) is 4.79 Å². The van der Waals surface area contributed by atoms with Crippen LogP contribution in [0, 0.1) is 5.92 Å². The molecular formula is C11H24N2O2. The maximum Gasteiger partial charge on any atom is 0.407 e. The number of nitrogens with one attached hydrogen (secondary N) is 2. The summed E-state index contributed by atoms with van der Waals surface area (Å²) in [7, 11) is 1.89. The number of ether oxygens (including phenoxy) is 1. The zero-order chi connectivity index (χ0) is 12.1. The molecule has 2 N–H and O–H groups in total. The van der Waals surface area contributed by atoms with Gasteiger partial charge < -0.3 is 15.4 Å². The SMILES string of the molecule is CN[C@H](CNC(=O)OC(C)(C)C)C(C)C. The van der Waals surface area contributed by atoms with Crippen molar-refractivity contribution >= 4 is 6.09 Å². The van der Waals surface area contributed by atoms with Crippen LogP contribution in [0.15, 0.2) is 0 Å². The smallest absolute Gasteiger partial charge is 0.407 e. The molecule has 0 saturated heterocycles. The lowest BCUT2D eigenvalue weighted by Crippen LogP contribution is -2.44. The Balaban J connectivity index is 3.89. The molecule has 0 aromatic heterocycles. The molecule has 0 fully saturated rings. The Bertz CT molecular complexity index is 197. The highest BCUT2D eigenvalue weighted by Crippen LogP contribution is 2.06. The molecule has 1 amide bonds. The summed E-state index contributed by atoms with van der Waals surface area (Å²) in [6, 6.07) is 0.275. The predicted molar refractivity (Wildman–Crippen MR) is 61.9 cm³/mol. The van der Waals surface area contributed by atoms with E-state index in [4.69, 9.17) is 4.74 Å². The Morgan fingerprint density at radius 3 is 2.20 bits per heavy atom. The fourth-order valence-electron chi connectivity index (χ4n) is 1.18. The molecule has 0 aromatic rings. The van der Waals surface area contributed by atoms with Crippen molar-refractivity contribution in [2.45, 2.75) is 46.3 Å². The summed E-state index contributed by atoms with van der Waals surface area (Å²) in [6.07, 6.45) is -0.358. The first-order valence-electron chi connectivity index (χ1n) is 5.40. The number of alkyl carbamates (subject to hydrolysis) is 1. The largest absolute Gasteiger partial charge is 0.444 e. The van der Waals surface area contributed by atoms with E-state index in [1.165, 1.54) is 0 Å². The van der Waals surface area contributed by atoms with Gasteiger partial charge in [-0.3, -0.25) is 0 Å². The summed E-state index contributed by atoms with van der Waals surface area (Å²) in [5.41, 5.74) is -0.433. The molecule has 0 rings (SSSR count). The lowest BCUT2D eigenvalue weighted by Gasteiger charge is -2.23. The molecule has 0 heterocycles. The highest BCUT2D eigenvalue weighted by Gasteiger charge is 2.17. The summed E-state index contributed by atoms with van der Waals surface area (Å²) in [6.45, 7) is 10.4. The molecule has 4 nitrogen and oxygen atoms in total. The van der Waals surface area contributed by atoms with E-state index in [1.54, 1.807) is 0 Å². The van der Waals surface area contributed by atoms with Crippen molar-refractivity contribution < 1.29 is 9.53 Å². The van der Waals surface area contributed by atoms with E-state index < -0.39 is 5.60 Å². The average molecular weight is 216 g/mol. The van der Waals surface area contributed by atoms with E-state index in [-0.39, 0.29) is 12.1 Å². The molecule has 0 bridgehead atoms. The average Bonchev–Trinajstić information content (AvgIpc) is 2.01. The number of hydrogen-bond acceptors (Lipinski definition) is 3. The lowest BCUT2D eigenvalue weighted by atomic mass is 10.1. The minimum Gasteiger partial charge on any atom is -0.444 e. The van der Waals surface area contributed by atoms with Gasteiger partial charge in [0.15, 0.2) is 0 Å². The first-order valence-corrected chi connectivity index (χ1v) is 5.40. The quantitative estimate of drug-likeness (QED) is 0.753. The zero-order valence-electron chi connectivity index (χ0n) is 10.7. The van der Waals surface area contributed by atoms with Crippen molar-refractivity contribution in [1.29, 1.82) is 0 Å². The molecule has 0 spiro atoms. The Labute approximate surface area is 92.8 Å². The number of carbonyl (C=O) groups excluding carboxylic acids is 1. The van der Waals surface area contributed by atoms with Crippen molar-refractivity contribution in [3.8, 4) is 0 Å². The Hall–Kier alpha value is -0.770. The van der Waals surface area contributed by atoms with Crippen LogP contribution in [0.2, 0.25) is 0 Å². The van der Waals surface area contributed by atoms with E-state index in [0.29, 0.717) is 12.5 Å². The van der Waals surface area contributed by atoms with Gasteiger partial charge in [0, 0.05) is 12.6 Å². The monoisotopic (exact) mass is 216 g/mol. The van der Waals surface area contributed by atoms with Crippen LogP contribution in [0.25, 0.3) is 0 Å². The third-order valence-electron chi connectivity index (χ3n) is 2.04. The van der Waals surface area contributed by atoms with E-state index in [9.17, 15) is 4.79 Å². The molecule has 0 unspecified atom stereocenters. The summed E-state index contributed by atoms with van der Waals surface area (Å²) in [5, 5.41) is 5.90. The molecule has 1 atom stereocenters. The van der Waals surface area contributed by atoms with Gasteiger partial charge in [-0.05, 0) is 33.7 Å². The Morgan fingerprint density at radius 1 is 1.33 bits per heavy atom. The summed E-state index contributed by atoms with van der Waals surface area (Å²) in [4.78, 5) is 11.3. The Kier molecular flexibility index (Phi) is 5.65. The van der Waals surface area contributed by atoms with Crippen LogP contribution in [-0.2, 0) is 4.74 Å². The van der Waals surface area contributed by atoms with Crippen LogP contribution in [0.5, 0.6) is 0 Å². The van der Waals surface area contributed by atoms with Gasteiger partial charge in [-0.2, -0.15) is 0 Å². The molecule has 15 heavy (non-hydrogen) atoms. The molecule has 0 aromatic carbocycles. The number of carbonyl (C=O) groups is 1. The van der Waals surface area contributed by atoms with Gasteiger partial charge in [-0.15, -0.1) is 0 Å². The number of amides is 1. The Morgan fingerprint density at radius 2 is 1.87 bits per heavy atom. The highest BCUT2D eigenvalue weighted by atomic mass is 16.6. The van der Waals surface area contributed by atoms with Crippen LogP contribution in [-0.4, -0.2) is 31.3 Å². The second-order valence-corrected chi connectivity index (χ2v) is 5.02. The van der Waals surface area contributed by atoms with Crippen molar-refractivity contribution in [3.63, 3.8) is 0 Å². The van der Waals surface area contributed by atoms with Crippen LogP contribution in [0.3, 0.4) is 0 Å². The molecule has 0 saturated carbocycles. The van der Waals surface area contributed by atoms with E-state index in [2.05, 4.69) is 24.5 Å². The number of likely N-dealkylation sites (N-methyl/N-ethyl adjacent to an activating group) is 1. The van der Waals surface area contributed by atoms with Gasteiger partial charge in [0.05, 0.1) is 0 Å². The third kappa shape index (κ3) is 7.19. The normalized spacial score (nSPS) is 13.8. The van der Waals surface area contributed by atoms with Gasteiger partial charge in [0.2, 0.25) is 0 Å². The number of hydrogen-bond donors (Lipinski definition) is 2. The van der Waals surface area contributed by atoms with E-state index in [0.717, 1.165) is 0 Å². The van der Waals surface area contributed by atoms with Crippen molar-refractivity contribution in [3.05, 3.63) is 0 Å². The first kappa shape index (κ1) is 14.2. The molecule has 0 aliphatic carbocycles. The van der Waals surface area contributed by atoms with Gasteiger partial charge in [0.1, 0.15) is 5.60 Å². The molecule has 4 heteroatoms. The molecule has 0 aliphatic heterocycles. The fraction of sp³-hybridized carbons (Fsp3) is 0.909. The zero-order valence-corrected chi connectivity index (χ0v) is 10.7. The van der Waals surface area contributed by atoms with Crippen molar-refractivity contribution in [2.75, 3.05) is 13.6 Å². The van der Waals surface area contributed by atoms with Gasteiger partial charge in [0.25, 0.3) is 0 Å². The van der Waals surface area contributed by atoms with Crippen LogP contribution in [0.1, 0.15) is 34.6 Å². The summed E-state index contributed by atoms with van der Waals surface area (Å²) < 4.78 is 5.13.